The quantitative estimate of drug-likeness (QED) is 0.282. The van der Waals surface area contributed by atoms with Crippen molar-refractivity contribution in [3.8, 4) is 0 Å². The Bertz CT molecular complexity index is 1860. The molecule has 0 bridgehead atoms. The molecule has 0 spiro atoms. The van der Waals surface area contributed by atoms with Crippen molar-refractivity contribution >= 4 is 45.6 Å². The first-order chi connectivity index (χ1) is 20.0. The number of amides is 2. The fraction of sp³-hybridized carbons (Fsp3) is 0.0588. The summed E-state index contributed by atoms with van der Waals surface area (Å²) in [6.07, 6.45) is 0.572. The highest BCUT2D eigenvalue weighted by Crippen LogP contribution is 2.40. The Morgan fingerprint density at radius 2 is 1.32 bits per heavy atom. The van der Waals surface area contributed by atoms with Crippen molar-refractivity contribution in [3.05, 3.63) is 143 Å². The molecular weight excluding hydrogens is 514 g/mol. The Labute approximate surface area is 235 Å². The molecule has 0 saturated heterocycles. The van der Waals surface area contributed by atoms with E-state index in [4.69, 9.17) is 5.10 Å². The summed E-state index contributed by atoms with van der Waals surface area (Å²) in [4.78, 5) is 39.8. The summed E-state index contributed by atoms with van der Waals surface area (Å²) in [6, 6.07) is 34.5. The first-order valence-corrected chi connectivity index (χ1v) is 13.2. The number of carboxylic acid groups (broad SMARTS) is 1. The summed E-state index contributed by atoms with van der Waals surface area (Å²) in [6.45, 7) is 0. The Kier molecular flexibility index (Phi) is 5.71. The van der Waals surface area contributed by atoms with Crippen LogP contribution in [0.25, 0.3) is 10.8 Å². The monoisotopic (exact) mass is 536 g/mol. The van der Waals surface area contributed by atoms with Gasteiger partial charge in [0.05, 0.1) is 29.1 Å². The summed E-state index contributed by atoms with van der Waals surface area (Å²) < 4.78 is 0. The van der Waals surface area contributed by atoms with Crippen LogP contribution in [0.1, 0.15) is 54.7 Å². The predicted molar refractivity (Wildman–Crippen MR) is 155 cm³/mol. The molecule has 0 saturated carbocycles. The van der Waals surface area contributed by atoms with Crippen LogP contribution in [0.4, 0.5) is 11.4 Å². The summed E-state index contributed by atoms with van der Waals surface area (Å²) in [5, 5.41) is 19.6. The molecule has 2 aliphatic rings. The molecule has 2 amide bonds. The fourth-order valence-corrected chi connectivity index (χ4v) is 5.76. The van der Waals surface area contributed by atoms with Gasteiger partial charge in [0.1, 0.15) is 0 Å². The molecule has 1 atom stereocenters. The molecule has 0 radical (unpaired) electrons. The normalized spacial score (nSPS) is 16.3. The van der Waals surface area contributed by atoms with E-state index in [-0.39, 0.29) is 23.4 Å². The molecule has 0 N–H and O–H groups in total. The van der Waals surface area contributed by atoms with E-state index in [0.717, 1.165) is 27.9 Å². The summed E-state index contributed by atoms with van der Waals surface area (Å²) in [7, 11) is 0. The molecule has 0 aromatic heterocycles. The Morgan fingerprint density at radius 3 is 2.00 bits per heavy atom. The lowest BCUT2D eigenvalue weighted by molar-refractivity contribution is -0.255. The molecule has 0 aliphatic carbocycles. The van der Waals surface area contributed by atoms with Crippen molar-refractivity contribution in [2.75, 3.05) is 9.91 Å². The van der Waals surface area contributed by atoms with Gasteiger partial charge in [0, 0.05) is 28.5 Å². The molecule has 0 fully saturated rings. The van der Waals surface area contributed by atoms with Crippen LogP contribution in [0.15, 0.2) is 120 Å². The lowest BCUT2D eigenvalue weighted by Gasteiger charge is -2.27. The van der Waals surface area contributed by atoms with E-state index in [1.54, 1.807) is 48.5 Å². The fourth-order valence-electron chi connectivity index (χ4n) is 5.76. The number of para-hydroxylation sites is 1. The molecule has 5 aromatic carbocycles. The molecule has 2 heterocycles. The number of hydrazone groups is 1. The molecule has 198 valence electrons. The van der Waals surface area contributed by atoms with Gasteiger partial charge in [-0.25, -0.2) is 4.90 Å². The van der Waals surface area contributed by atoms with E-state index >= 15 is 0 Å². The topological polar surface area (TPSA) is 93.1 Å². The van der Waals surface area contributed by atoms with Gasteiger partial charge >= 0.3 is 0 Å². The first-order valence-electron chi connectivity index (χ1n) is 13.2. The van der Waals surface area contributed by atoms with E-state index in [1.807, 2.05) is 59.6 Å². The highest BCUT2D eigenvalue weighted by Gasteiger charge is 2.36. The number of rotatable bonds is 5. The van der Waals surface area contributed by atoms with Crippen LogP contribution in [0, 0.1) is 0 Å². The third kappa shape index (κ3) is 3.98. The second-order valence-electron chi connectivity index (χ2n) is 10.0. The van der Waals surface area contributed by atoms with Crippen molar-refractivity contribution in [1.29, 1.82) is 0 Å². The van der Waals surface area contributed by atoms with Crippen LogP contribution < -0.4 is 15.0 Å². The second kappa shape index (κ2) is 9.57. The average Bonchev–Trinajstić information content (AvgIpc) is 3.46. The van der Waals surface area contributed by atoms with E-state index in [0.29, 0.717) is 28.6 Å². The molecule has 41 heavy (non-hydrogen) atoms. The van der Waals surface area contributed by atoms with Gasteiger partial charge in [-0.1, -0.05) is 78.9 Å². The Hall–Kier alpha value is -5.56. The van der Waals surface area contributed by atoms with Gasteiger partial charge in [-0.2, -0.15) is 5.10 Å². The van der Waals surface area contributed by atoms with Crippen molar-refractivity contribution in [1.82, 2.24) is 0 Å². The third-order valence-corrected chi connectivity index (χ3v) is 7.70. The van der Waals surface area contributed by atoms with Crippen molar-refractivity contribution in [3.63, 3.8) is 0 Å². The Balaban J connectivity index is 1.35. The SMILES string of the molecule is O=C([O-])c1ccc(N2N=C(c3ccc4c5c(cccc35)C(=O)N(c3ccccc3)C4=O)C[C@H]2c2ccccc2)cc1. The number of anilines is 2. The zero-order valence-corrected chi connectivity index (χ0v) is 21.7. The van der Waals surface area contributed by atoms with Gasteiger partial charge in [0.15, 0.2) is 0 Å². The summed E-state index contributed by atoms with van der Waals surface area (Å²) in [5.41, 5.74) is 5.00. The summed E-state index contributed by atoms with van der Waals surface area (Å²) in [5.74, 6) is -1.95. The number of nitrogens with zero attached hydrogens (tertiary/aromatic N) is 3. The van der Waals surface area contributed by atoms with Crippen LogP contribution in [-0.2, 0) is 0 Å². The van der Waals surface area contributed by atoms with Gasteiger partial charge in [-0.15, -0.1) is 0 Å². The van der Waals surface area contributed by atoms with Crippen LogP contribution >= 0.6 is 0 Å². The van der Waals surface area contributed by atoms with E-state index in [9.17, 15) is 19.5 Å². The molecule has 7 nitrogen and oxygen atoms in total. The highest BCUT2D eigenvalue weighted by atomic mass is 16.4. The maximum absolute atomic E-state index is 13.6. The molecule has 5 aromatic rings. The maximum atomic E-state index is 13.6. The second-order valence-corrected chi connectivity index (χ2v) is 10.0. The number of aromatic carboxylic acids is 1. The maximum Gasteiger partial charge on any atom is 0.265 e. The number of benzene rings is 5. The molecular formula is C34H22N3O4-. The third-order valence-electron chi connectivity index (χ3n) is 7.70. The molecule has 0 unspecified atom stereocenters. The van der Waals surface area contributed by atoms with Crippen LogP contribution in [0.5, 0.6) is 0 Å². The van der Waals surface area contributed by atoms with E-state index in [1.165, 1.54) is 17.0 Å². The zero-order valence-electron chi connectivity index (χ0n) is 21.7. The van der Waals surface area contributed by atoms with Crippen LogP contribution in [-0.4, -0.2) is 23.5 Å². The predicted octanol–water partition coefficient (Wildman–Crippen LogP) is 5.36. The van der Waals surface area contributed by atoms with Gasteiger partial charge < -0.3 is 9.90 Å². The lowest BCUT2D eigenvalue weighted by Crippen LogP contribution is -2.40. The first kappa shape index (κ1) is 24.5. The number of imide groups is 1. The highest BCUT2D eigenvalue weighted by molar-refractivity contribution is 6.36. The number of carboxylic acids is 1. The number of carbonyl (C=O) groups is 3. The summed E-state index contributed by atoms with van der Waals surface area (Å²) >= 11 is 0. The van der Waals surface area contributed by atoms with Crippen LogP contribution in [0.2, 0.25) is 0 Å². The Morgan fingerprint density at radius 1 is 0.683 bits per heavy atom. The lowest BCUT2D eigenvalue weighted by atomic mass is 9.88. The van der Waals surface area contributed by atoms with Gasteiger partial charge in [-0.05, 0) is 52.9 Å². The standard InChI is InChI=1S/C34H23N3O4/c38-32-27-13-7-12-26-25(18-19-28(31(26)27)33(39)36(32)23-10-5-2-6-11-23)29-20-30(21-8-3-1-4-9-21)37(35-29)24-16-14-22(15-17-24)34(40)41/h1-19,30H,20H2,(H,40,41)/p-1/t30-/m0/s1. The largest absolute Gasteiger partial charge is 0.545 e. The molecule has 7 rings (SSSR count). The van der Waals surface area contributed by atoms with Crippen molar-refractivity contribution in [2.24, 2.45) is 5.10 Å². The minimum Gasteiger partial charge on any atom is -0.545 e. The van der Waals surface area contributed by atoms with Gasteiger partial charge in [0.25, 0.3) is 11.8 Å². The van der Waals surface area contributed by atoms with Gasteiger partial charge in [-0.3, -0.25) is 14.6 Å². The molecule has 2 aliphatic heterocycles. The smallest absolute Gasteiger partial charge is 0.265 e. The van der Waals surface area contributed by atoms with Crippen molar-refractivity contribution in [2.45, 2.75) is 12.5 Å². The van der Waals surface area contributed by atoms with Crippen LogP contribution in [0.3, 0.4) is 0 Å². The average molecular weight is 537 g/mol. The zero-order chi connectivity index (χ0) is 28.1. The van der Waals surface area contributed by atoms with Crippen molar-refractivity contribution < 1.29 is 19.5 Å². The number of carbonyl (C=O) groups excluding carboxylic acids is 3. The van der Waals surface area contributed by atoms with Gasteiger partial charge in [0.2, 0.25) is 0 Å². The van der Waals surface area contributed by atoms with E-state index < -0.39 is 5.97 Å². The molecule has 7 heteroatoms. The van der Waals surface area contributed by atoms with E-state index in [2.05, 4.69) is 0 Å². The number of hydrogen-bond acceptors (Lipinski definition) is 6. The minimum absolute atomic E-state index is 0.0934. The minimum atomic E-state index is -1.24. The number of hydrogen-bond donors (Lipinski definition) is 0.